The number of anilines is 1. The minimum atomic E-state index is -0.464. The van der Waals surface area contributed by atoms with Crippen LogP contribution in [0.3, 0.4) is 0 Å². The fraction of sp³-hybridized carbons (Fsp3) is 0.375. The van der Waals surface area contributed by atoms with Crippen LogP contribution in [-0.2, 0) is 15.6 Å². The molecule has 0 saturated heterocycles. The molecule has 3 aromatic rings. The summed E-state index contributed by atoms with van der Waals surface area (Å²) in [5.41, 5.74) is 3.79. The Morgan fingerprint density at radius 1 is 1.04 bits per heavy atom. The first-order valence-corrected chi connectivity index (χ1v) is 10.4. The summed E-state index contributed by atoms with van der Waals surface area (Å²) in [6.07, 6.45) is 3.89. The average molecular weight is 395 g/mol. The number of amides is 1. The predicted molar refractivity (Wildman–Crippen MR) is 117 cm³/mol. The van der Waals surface area contributed by atoms with Crippen molar-refractivity contribution in [1.82, 2.24) is 4.98 Å². The second-order valence-corrected chi connectivity index (χ2v) is 9.42. The summed E-state index contributed by atoms with van der Waals surface area (Å²) in [6.45, 7) is 6.57. The van der Waals surface area contributed by atoms with Gasteiger partial charge in [0.05, 0.1) is 5.41 Å². The zero-order valence-corrected chi connectivity index (χ0v) is 17.5. The Labute approximate surface area is 171 Å². The molecule has 0 aliphatic heterocycles. The standard InChI is InChI=1S/C24H27ClN2O/c1-23(2,3)21-15-16-14-19(10-11-20(16)27-21)26-22(28)24(12-4-5-13-24)17-6-8-18(25)9-7-17/h6-11,14-15,27H,4-5,12-13H2,1-3H3,(H,26,28). The SMILES string of the molecule is CC(C)(C)c1cc2cc(NC(=O)C3(c4ccc(Cl)cc4)CCCC3)ccc2[nH]1. The van der Waals surface area contributed by atoms with Gasteiger partial charge in [-0.3, -0.25) is 4.79 Å². The Bertz CT molecular complexity index is 1010. The highest BCUT2D eigenvalue weighted by Gasteiger charge is 2.42. The molecule has 28 heavy (non-hydrogen) atoms. The number of fused-ring (bicyclic) bond motifs is 1. The molecule has 1 amide bonds. The normalized spacial score (nSPS) is 16.4. The van der Waals surface area contributed by atoms with Gasteiger partial charge in [0.25, 0.3) is 0 Å². The molecule has 1 saturated carbocycles. The van der Waals surface area contributed by atoms with Crippen LogP contribution in [0.5, 0.6) is 0 Å². The number of aromatic amines is 1. The van der Waals surface area contributed by atoms with Crippen LogP contribution in [0.15, 0.2) is 48.5 Å². The van der Waals surface area contributed by atoms with Gasteiger partial charge >= 0.3 is 0 Å². The first-order chi connectivity index (χ1) is 13.3. The Morgan fingerprint density at radius 2 is 1.71 bits per heavy atom. The third-order valence-electron chi connectivity index (χ3n) is 5.98. The smallest absolute Gasteiger partial charge is 0.235 e. The van der Waals surface area contributed by atoms with Crippen molar-refractivity contribution in [3.8, 4) is 0 Å². The quantitative estimate of drug-likeness (QED) is 0.518. The van der Waals surface area contributed by atoms with E-state index in [1.807, 2.05) is 36.4 Å². The molecule has 2 N–H and O–H groups in total. The number of carbonyl (C=O) groups excluding carboxylic acids is 1. The maximum atomic E-state index is 13.4. The van der Waals surface area contributed by atoms with Crippen LogP contribution in [0.2, 0.25) is 5.02 Å². The topological polar surface area (TPSA) is 44.9 Å². The number of aromatic nitrogens is 1. The van der Waals surface area contributed by atoms with Crippen molar-refractivity contribution in [2.75, 3.05) is 5.32 Å². The van der Waals surface area contributed by atoms with Crippen LogP contribution in [0, 0.1) is 0 Å². The lowest BCUT2D eigenvalue weighted by atomic mass is 9.78. The molecule has 1 aliphatic carbocycles. The predicted octanol–water partition coefficient (Wildman–Crippen LogP) is 6.57. The van der Waals surface area contributed by atoms with E-state index < -0.39 is 5.41 Å². The van der Waals surface area contributed by atoms with E-state index in [0.29, 0.717) is 5.02 Å². The number of benzene rings is 2. The van der Waals surface area contributed by atoms with Gasteiger partial charge in [-0.05, 0) is 54.8 Å². The fourth-order valence-corrected chi connectivity index (χ4v) is 4.39. The van der Waals surface area contributed by atoms with E-state index in [2.05, 4.69) is 43.2 Å². The summed E-state index contributed by atoms with van der Waals surface area (Å²) in [5.74, 6) is 0.0817. The van der Waals surface area contributed by atoms with E-state index in [9.17, 15) is 4.79 Å². The highest BCUT2D eigenvalue weighted by Crippen LogP contribution is 2.42. The molecule has 1 aliphatic rings. The lowest BCUT2D eigenvalue weighted by Crippen LogP contribution is -2.37. The molecule has 1 aromatic heterocycles. The van der Waals surface area contributed by atoms with Crippen molar-refractivity contribution in [1.29, 1.82) is 0 Å². The van der Waals surface area contributed by atoms with Crippen LogP contribution in [0.25, 0.3) is 10.9 Å². The molecule has 4 heteroatoms. The van der Waals surface area contributed by atoms with Gasteiger partial charge in [0.1, 0.15) is 0 Å². The summed E-state index contributed by atoms with van der Waals surface area (Å²) in [6, 6.07) is 16.0. The maximum Gasteiger partial charge on any atom is 0.235 e. The molecule has 0 spiro atoms. The zero-order valence-electron chi connectivity index (χ0n) is 16.7. The molecule has 0 radical (unpaired) electrons. The molecule has 0 atom stereocenters. The Morgan fingerprint density at radius 3 is 2.36 bits per heavy atom. The number of rotatable bonds is 3. The summed E-state index contributed by atoms with van der Waals surface area (Å²) in [5, 5.41) is 5.01. The third kappa shape index (κ3) is 3.44. The van der Waals surface area contributed by atoms with Crippen LogP contribution in [0.4, 0.5) is 5.69 Å². The summed E-state index contributed by atoms with van der Waals surface area (Å²) < 4.78 is 0. The van der Waals surface area contributed by atoms with Gasteiger partial charge in [0.2, 0.25) is 5.91 Å². The number of hydrogen-bond donors (Lipinski definition) is 2. The van der Waals surface area contributed by atoms with Gasteiger partial charge in [0, 0.05) is 32.7 Å². The lowest BCUT2D eigenvalue weighted by Gasteiger charge is -2.28. The van der Waals surface area contributed by atoms with Gasteiger partial charge in [-0.25, -0.2) is 0 Å². The molecule has 3 nitrogen and oxygen atoms in total. The van der Waals surface area contributed by atoms with E-state index in [0.717, 1.165) is 47.8 Å². The van der Waals surface area contributed by atoms with Crippen LogP contribution in [-0.4, -0.2) is 10.9 Å². The first kappa shape index (κ1) is 19.1. The number of H-pyrrole nitrogens is 1. The minimum absolute atomic E-state index is 0.0604. The van der Waals surface area contributed by atoms with E-state index >= 15 is 0 Å². The average Bonchev–Trinajstić information content (AvgIpc) is 3.29. The van der Waals surface area contributed by atoms with E-state index in [1.165, 1.54) is 5.69 Å². The van der Waals surface area contributed by atoms with E-state index in [1.54, 1.807) is 0 Å². The molecular weight excluding hydrogens is 368 g/mol. The summed E-state index contributed by atoms with van der Waals surface area (Å²) in [4.78, 5) is 16.9. The first-order valence-electron chi connectivity index (χ1n) is 9.99. The molecule has 146 valence electrons. The van der Waals surface area contributed by atoms with E-state index in [-0.39, 0.29) is 11.3 Å². The Balaban J connectivity index is 1.63. The second kappa shape index (κ2) is 6.97. The molecule has 0 unspecified atom stereocenters. The summed E-state index contributed by atoms with van der Waals surface area (Å²) >= 11 is 6.06. The van der Waals surface area contributed by atoms with Crippen molar-refractivity contribution in [2.45, 2.75) is 57.3 Å². The van der Waals surface area contributed by atoms with Crippen molar-refractivity contribution in [2.24, 2.45) is 0 Å². The molecule has 4 rings (SSSR count). The van der Waals surface area contributed by atoms with Gasteiger partial charge in [0.15, 0.2) is 0 Å². The minimum Gasteiger partial charge on any atom is -0.358 e. The lowest BCUT2D eigenvalue weighted by molar-refractivity contribution is -0.121. The molecular formula is C24H27ClN2O. The summed E-state index contributed by atoms with van der Waals surface area (Å²) in [7, 11) is 0. The fourth-order valence-electron chi connectivity index (χ4n) is 4.26. The van der Waals surface area contributed by atoms with Crippen LogP contribution < -0.4 is 5.32 Å². The molecule has 1 fully saturated rings. The highest BCUT2D eigenvalue weighted by molar-refractivity contribution is 6.30. The van der Waals surface area contributed by atoms with Gasteiger partial charge in [-0.2, -0.15) is 0 Å². The number of carbonyl (C=O) groups is 1. The zero-order chi connectivity index (χ0) is 19.9. The highest BCUT2D eigenvalue weighted by atomic mass is 35.5. The van der Waals surface area contributed by atoms with Crippen molar-refractivity contribution < 1.29 is 4.79 Å². The molecule has 0 bridgehead atoms. The number of halogens is 1. The number of hydrogen-bond acceptors (Lipinski definition) is 1. The van der Waals surface area contributed by atoms with Crippen LogP contribution >= 0.6 is 11.6 Å². The van der Waals surface area contributed by atoms with E-state index in [4.69, 9.17) is 11.6 Å². The van der Waals surface area contributed by atoms with Crippen LogP contribution in [0.1, 0.15) is 57.7 Å². The Hall–Kier alpha value is -2.26. The van der Waals surface area contributed by atoms with Crippen molar-refractivity contribution in [3.63, 3.8) is 0 Å². The second-order valence-electron chi connectivity index (χ2n) is 8.99. The van der Waals surface area contributed by atoms with Crippen molar-refractivity contribution in [3.05, 3.63) is 64.8 Å². The number of nitrogens with one attached hydrogen (secondary N) is 2. The molecule has 1 heterocycles. The maximum absolute atomic E-state index is 13.4. The largest absolute Gasteiger partial charge is 0.358 e. The third-order valence-corrected chi connectivity index (χ3v) is 6.23. The van der Waals surface area contributed by atoms with Crippen molar-refractivity contribution >= 4 is 34.1 Å². The molecule has 2 aromatic carbocycles. The van der Waals surface area contributed by atoms with Gasteiger partial charge < -0.3 is 10.3 Å². The Kier molecular flexibility index (Phi) is 4.75. The van der Waals surface area contributed by atoms with Gasteiger partial charge in [-0.1, -0.05) is 57.3 Å². The van der Waals surface area contributed by atoms with Gasteiger partial charge in [-0.15, -0.1) is 0 Å². The monoisotopic (exact) mass is 394 g/mol.